The van der Waals surface area contributed by atoms with Crippen LogP contribution < -0.4 is 5.32 Å². The van der Waals surface area contributed by atoms with Crippen LogP contribution >= 0.6 is 0 Å². The number of hydrogen-bond donors (Lipinski definition) is 1. The summed E-state index contributed by atoms with van der Waals surface area (Å²) in [5.74, 6) is 0. The number of likely N-dealkylation sites (tertiary alicyclic amines) is 1. The van der Waals surface area contributed by atoms with Crippen molar-refractivity contribution in [2.75, 3.05) is 19.6 Å². The predicted octanol–water partition coefficient (Wildman–Crippen LogP) is 4.06. The average molecular weight is 268 g/mol. The Morgan fingerprint density at radius 1 is 1.16 bits per heavy atom. The molecule has 1 aliphatic heterocycles. The fourth-order valence-electron chi connectivity index (χ4n) is 2.93. The van der Waals surface area contributed by atoms with Gasteiger partial charge in [0.25, 0.3) is 0 Å². The molecule has 2 heteroatoms. The third kappa shape index (κ3) is 7.31. The summed E-state index contributed by atoms with van der Waals surface area (Å²) in [7, 11) is 0. The molecular formula is C17H36N2. The minimum Gasteiger partial charge on any atom is -0.312 e. The van der Waals surface area contributed by atoms with Crippen LogP contribution in [0.5, 0.6) is 0 Å². The van der Waals surface area contributed by atoms with Crippen molar-refractivity contribution in [1.29, 1.82) is 0 Å². The zero-order valence-corrected chi connectivity index (χ0v) is 14.2. The van der Waals surface area contributed by atoms with E-state index < -0.39 is 0 Å². The van der Waals surface area contributed by atoms with Crippen molar-refractivity contribution >= 4 is 0 Å². The van der Waals surface area contributed by atoms with Gasteiger partial charge < -0.3 is 10.2 Å². The van der Waals surface area contributed by atoms with E-state index in [2.05, 4.69) is 51.8 Å². The van der Waals surface area contributed by atoms with Gasteiger partial charge in [0, 0.05) is 11.6 Å². The molecule has 0 spiro atoms. The van der Waals surface area contributed by atoms with Crippen molar-refractivity contribution < 1.29 is 0 Å². The molecule has 0 saturated carbocycles. The van der Waals surface area contributed by atoms with Crippen LogP contribution in [0.1, 0.15) is 73.6 Å². The Kier molecular flexibility index (Phi) is 6.32. The molecule has 0 radical (unpaired) electrons. The normalized spacial score (nSPS) is 23.1. The monoisotopic (exact) mass is 268 g/mol. The minimum absolute atomic E-state index is 0.260. The molecule has 1 unspecified atom stereocenters. The summed E-state index contributed by atoms with van der Waals surface area (Å²) >= 11 is 0. The third-order valence-corrected chi connectivity index (χ3v) is 4.45. The first-order valence-electron chi connectivity index (χ1n) is 8.19. The summed E-state index contributed by atoms with van der Waals surface area (Å²) < 4.78 is 0. The highest BCUT2D eigenvalue weighted by atomic mass is 15.1. The number of hydrogen-bond acceptors (Lipinski definition) is 2. The molecule has 0 aromatic heterocycles. The highest BCUT2D eigenvalue weighted by Crippen LogP contribution is 2.30. The van der Waals surface area contributed by atoms with Crippen LogP contribution in [0.25, 0.3) is 0 Å². The fraction of sp³-hybridized carbons (Fsp3) is 1.00. The fourth-order valence-corrected chi connectivity index (χ4v) is 2.93. The molecule has 1 fully saturated rings. The maximum Gasteiger partial charge on any atom is 0.00965 e. The maximum absolute atomic E-state index is 3.59. The Labute approximate surface area is 121 Å². The summed E-state index contributed by atoms with van der Waals surface area (Å²) in [6.07, 6.45) is 6.73. The van der Waals surface area contributed by atoms with E-state index in [0.717, 1.165) is 12.6 Å². The first kappa shape index (κ1) is 17.0. The van der Waals surface area contributed by atoms with Crippen LogP contribution in [-0.4, -0.2) is 36.1 Å². The van der Waals surface area contributed by atoms with Crippen molar-refractivity contribution in [3.05, 3.63) is 0 Å². The Balaban J connectivity index is 2.24. The van der Waals surface area contributed by atoms with Gasteiger partial charge in [-0.05, 0) is 84.8 Å². The molecular weight excluding hydrogens is 232 g/mol. The van der Waals surface area contributed by atoms with E-state index >= 15 is 0 Å². The number of nitrogens with one attached hydrogen (secondary N) is 1. The van der Waals surface area contributed by atoms with E-state index in [-0.39, 0.29) is 5.54 Å². The SMILES string of the molecule is CC(CCCNC(C)(C)C)N1CCCC(C)(C)CC1. The molecule has 0 bridgehead atoms. The second kappa shape index (κ2) is 7.08. The molecule has 1 saturated heterocycles. The Hall–Kier alpha value is -0.0800. The molecule has 1 aliphatic rings. The highest BCUT2D eigenvalue weighted by Gasteiger charge is 2.25. The van der Waals surface area contributed by atoms with E-state index in [1.165, 1.54) is 45.2 Å². The van der Waals surface area contributed by atoms with Gasteiger partial charge in [-0.2, -0.15) is 0 Å². The van der Waals surface area contributed by atoms with Gasteiger partial charge in [0.1, 0.15) is 0 Å². The smallest absolute Gasteiger partial charge is 0.00965 e. The standard InChI is InChI=1S/C17H36N2/c1-15(9-7-12-18-16(2,3)4)19-13-8-10-17(5,6)11-14-19/h15,18H,7-14H2,1-6H3. The topological polar surface area (TPSA) is 15.3 Å². The summed E-state index contributed by atoms with van der Waals surface area (Å²) in [6, 6.07) is 0.746. The molecule has 0 aromatic rings. The zero-order valence-electron chi connectivity index (χ0n) is 14.2. The lowest BCUT2D eigenvalue weighted by atomic mass is 9.85. The lowest BCUT2D eigenvalue weighted by Gasteiger charge is -2.29. The van der Waals surface area contributed by atoms with E-state index in [4.69, 9.17) is 0 Å². The van der Waals surface area contributed by atoms with Crippen LogP contribution in [0.2, 0.25) is 0 Å². The van der Waals surface area contributed by atoms with Gasteiger partial charge in [-0.3, -0.25) is 0 Å². The van der Waals surface area contributed by atoms with E-state index in [1.807, 2.05) is 0 Å². The van der Waals surface area contributed by atoms with Crippen molar-refractivity contribution in [3.8, 4) is 0 Å². The third-order valence-electron chi connectivity index (χ3n) is 4.45. The Morgan fingerprint density at radius 3 is 2.47 bits per heavy atom. The van der Waals surface area contributed by atoms with Gasteiger partial charge in [0.2, 0.25) is 0 Å². The van der Waals surface area contributed by atoms with E-state index in [0.29, 0.717) is 5.41 Å². The van der Waals surface area contributed by atoms with E-state index in [9.17, 15) is 0 Å². The van der Waals surface area contributed by atoms with Crippen molar-refractivity contribution in [3.63, 3.8) is 0 Å². The molecule has 19 heavy (non-hydrogen) atoms. The van der Waals surface area contributed by atoms with Gasteiger partial charge in [-0.1, -0.05) is 13.8 Å². The second-order valence-corrected chi connectivity index (χ2v) is 8.22. The second-order valence-electron chi connectivity index (χ2n) is 8.22. The molecule has 1 heterocycles. The summed E-state index contributed by atoms with van der Waals surface area (Å²) in [5, 5.41) is 3.59. The lowest BCUT2D eigenvalue weighted by Crippen LogP contribution is -2.38. The zero-order chi connectivity index (χ0) is 14.5. The van der Waals surface area contributed by atoms with Crippen LogP contribution in [-0.2, 0) is 0 Å². The van der Waals surface area contributed by atoms with E-state index in [1.54, 1.807) is 0 Å². The number of rotatable bonds is 5. The molecule has 1 rings (SSSR count). The van der Waals surface area contributed by atoms with Crippen LogP contribution in [0.4, 0.5) is 0 Å². The van der Waals surface area contributed by atoms with Crippen molar-refractivity contribution in [1.82, 2.24) is 10.2 Å². The summed E-state index contributed by atoms with van der Waals surface area (Å²) in [4.78, 5) is 2.71. The van der Waals surface area contributed by atoms with Gasteiger partial charge in [-0.15, -0.1) is 0 Å². The van der Waals surface area contributed by atoms with Crippen LogP contribution in [0.3, 0.4) is 0 Å². The molecule has 1 atom stereocenters. The van der Waals surface area contributed by atoms with Crippen LogP contribution in [0.15, 0.2) is 0 Å². The quantitative estimate of drug-likeness (QED) is 0.757. The van der Waals surface area contributed by atoms with Gasteiger partial charge in [-0.25, -0.2) is 0 Å². The molecule has 114 valence electrons. The largest absolute Gasteiger partial charge is 0.312 e. The van der Waals surface area contributed by atoms with Gasteiger partial charge in [0.15, 0.2) is 0 Å². The predicted molar refractivity (Wildman–Crippen MR) is 85.7 cm³/mol. The first-order valence-corrected chi connectivity index (χ1v) is 8.19. The molecule has 2 nitrogen and oxygen atoms in total. The minimum atomic E-state index is 0.260. The average Bonchev–Trinajstić information content (AvgIpc) is 2.44. The number of nitrogens with zero attached hydrogens (tertiary/aromatic N) is 1. The Bertz CT molecular complexity index is 252. The maximum atomic E-state index is 3.59. The van der Waals surface area contributed by atoms with Crippen molar-refractivity contribution in [2.45, 2.75) is 85.2 Å². The van der Waals surface area contributed by atoms with Crippen LogP contribution in [0, 0.1) is 5.41 Å². The van der Waals surface area contributed by atoms with Gasteiger partial charge in [0.05, 0.1) is 0 Å². The van der Waals surface area contributed by atoms with Crippen molar-refractivity contribution in [2.24, 2.45) is 5.41 Å². The highest BCUT2D eigenvalue weighted by molar-refractivity contribution is 4.79. The first-order chi connectivity index (χ1) is 8.70. The molecule has 0 aliphatic carbocycles. The summed E-state index contributed by atoms with van der Waals surface area (Å²) in [6.45, 7) is 17.7. The molecule has 0 aromatic carbocycles. The van der Waals surface area contributed by atoms with Gasteiger partial charge >= 0.3 is 0 Å². The lowest BCUT2D eigenvalue weighted by molar-refractivity contribution is 0.194. The Morgan fingerprint density at radius 2 is 1.84 bits per heavy atom. The molecule has 1 N–H and O–H groups in total. The summed E-state index contributed by atoms with van der Waals surface area (Å²) in [5.41, 5.74) is 0.818. The molecule has 0 amide bonds.